The molecule has 0 atom stereocenters. The molecule has 0 nitrogen and oxygen atoms in total. The van der Waals surface area contributed by atoms with E-state index in [9.17, 15) is 0 Å². The van der Waals surface area contributed by atoms with E-state index in [-0.39, 0.29) is 0 Å². The summed E-state index contributed by atoms with van der Waals surface area (Å²) in [5.74, 6) is 0. The molecule has 0 aliphatic carbocycles. The quantitative estimate of drug-likeness (QED) is 0.605. The van der Waals surface area contributed by atoms with Crippen LogP contribution in [0.4, 0.5) is 0 Å². The summed E-state index contributed by atoms with van der Waals surface area (Å²) in [6.07, 6.45) is 0. The normalized spacial score (nSPS) is 7.90. The molecular formula is C7H7BrCl2. The van der Waals surface area contributed by atoms with Gasteiger partial charge in [0.1, 0.15) is 0 Å². The van der Waals surface area contributed by atoms with Crippen molar-refractivity contribution in [1.29, 1.82) is 0 Å². The van der Waals surface area contributed by atoms with Gasteiger partial charge in [0.15, 0.2) is 0 Å². The van der Waals surface area contributed by atoms with E-state index >= 15 is 0 Å². The second-order valence-corrected chi connectivity index (χ2v) is 3.31. The van der Waals surface area contributed by atoms with Gasteiger partial charge in [-0.25, -0.2) is 0 Å². The maximum absolute atomic E-state index is 5.54. The standard InChI is InChI=1S/C6H5Cl.CH2BrCl/c7-6-4-2-1-3-5-6;2-1-3/h1-5H;1H2. The molecule has 0 saturated heterocycles. The van der Waals surface area contributed by atoms with Crippen molar-refractivity contribution >= 4 is 39.1 Å². The number of benzene rings is 1. The zero-order valence-corrected chi connectivity index (χ0v) is 8.33. The minimum atomic E-state index is 0.535. The second-order valence-electron chi connectivity index (χ2n) is 1.40. The summed E-state index contributed by atoms with van der Waals surface area (Å²) in [4.78, 5) is 0.535. The van der Waals surface area contributed by atoms with Gasteiger partial charge < -0.3 is 0 Å². The third-order valence-electron chi connectivity index (χ3n) is 0.733. The summed E-state index contributed by atoms with van der Waals surface area (Å²) in [6.45, 7) is 0. The van der Waals surface area contributed by atoms with Crippen LogP contribution in [0, 0.1) is 0 Å². The molecule has 0 amide bonds. The monoisotopic (exact) mass is 240 g/mol. The van der Waals surface area contributed by atoms with Crippen molar-refractivity contribution in [2.75, 3.05) is 4.79 Å². The number of hydrogen-bond donors (Lipinski definition) is 0. The lowest BCUT2D eigenvalue weighted by molar-refractivity contribution is 1.71. The Labute approximate surface area is 79.3 Å². The lowest BCUT2D eigenvalue weighted by atomic mass is 10.4. The average Bonchev–Trinajstić information content (AvgIpc) is 1.91. The van der Waals surface area contributed by atoms with E-state index in [0.717, 1.165) is 5.02 Å². The van der Waals surface area contributed by atoms with Crippen molar-refractivity contribution in [1.82, 2.24) is 0 Å². The zero-order valence-electron chi connectivity index (χ0n) is 5.23. The fourth-order valence-corrected chi connectivity index (χ4v) is 0.560. The van der Waals surface area contributed by atoms with E-state index in [1.807, 2.05) is 30.3 Å². The van der Waals surface area contributed by atoms with Gasteiger partial charge in [-0.15, -0.1) is 11.6 Å². The summed E-state index contributed by atoms with van der Waals surface area (Å²) < 4.78 is 0. The molecule has 1 aromatic carbocycles. The van der Waals surface area contributed by atoms with Crippen LogP contribution in [0.2, 0.25) is 5.02 Å². The molecular weight excluding hydrogens is 235 g/mol. The van der Waals surface area contributed by atoms with E-state index in [0.29, 0.717) is 4.79 Å². The van der Waals surface area contributed by atoms with Crippen LogP contribution in [0.15, 0.2) is 30.3 Å². The smallest absolute Gasteiger partial charge is 0.0778 e. The van der Waals surface area contributed by atoms with Gasteiger partial charge in [0.05, 0.1) is 4.79 Å². The topological polar surface area (TPSA) is 0 Å². The van der Waals surface area contributed by atoms with Crippen molar-refractivity contribution < 1.29 is 0 Å². The Kier molecular flexibility index (Phi) is 7.59. The zero-order chi connectivity index (χ0) is 7.82. The fraction of sp³-hybridized carbons (Fsp3) is 0.143. The highest BCUT2D eigenvalue weighted by Gasteiger charge is 1.74. The summed E-state index contributed by atoms with van der Waals surface area (Å²) >= 11 is 13.4. The van der Waals surface area contributed by atoms with Gasteiger partial charge in [0.2, 0.25) is 0 Å². The molecule has 1 rings (SSSR count). The predicted molar refractivity (Wildman–Crippen MR) is 51.1 cm³/mol. The molecule has 0 aliphatic rings. The van der Waals surface area contributed by atoms with Gasteiger partial charge >= 0.3 is 0 Å². The molecule has 0 bridgehead atoms. The third kappa shape index (κ3) is 6.40. The number of rotatable bonds is 0. The molecule has 0 N–H and O–H groups in total. The van der Waals surface area contributed by atoms with Crippen LogP contribution in [0.25, 0.3) is 0 Å². The van der Waals surface area contributed by atoms with Gasteiger partial charge in [-0.1, -0.05) is 45.7 Å². The molecule has 0 heterocycles. The number of halogens is 3. The van der Waals surface area contributed by atoms with Crippen LogP contribution >= 0.6 is 39.1 Å². The molecule has 10 heavy (non-hydrogen) atoms. The Balaban J connectivity index is 0.000000236. The van der Waals surface area contributed by atoms with E-state index in [1.54, 1.807) is 0 Å². The van der Waals surface area contributed by atoms with Crippen molar-refractivity contribution in [3.8, 4) is 0 Å². The van der Waals surface area contributed by atoms with Gasteiger partial charge in [-0.3, -0.25) is 0 Å². The maximum Gasteiger partial charge on any atom is 0.0778 e. The molecule has 56 valence electrons. The molecule has 0 spiro atoms. The largest absolute Gasteiger partial charge is 0.114 e. The first-order chi connectivity index (χ1) is 4.81. The number of alkyl halides is 2. The van der Waals surface area contributed by atoms with E-state index < -0.39 is 0 Å². The molecule has 0 aliphatic heterocycles. The van der Waals surface area contributed by atoms with Crippen LogP contribution in [0.5, 0.6) is 0 Å². The number of hydrogen-bond acceptors (Lipinski definition) is 0. The van der Waals surface area contributed by atoms with E-state index in [1.165, 1.54) is 0 Å². The van der Waals surface area contributed by atoms with Crippen molar-refractivity contribution in [3.63, 3.8) is 0 Å². The summed E-state index contributed by atoms with van der Waals surface area (Å²) in [7, 11) is 0. The minimum absolute atomic E-state index is 0.535. The highest BCUT2D eigenvalue weighted by molar-refractivity contribution is 9.09. The van der Waals surface area contributed by atoms with Gasteiger partial charge in [0.25, 0.3) is 0 Å². The van der Waals surface area contributed by atoms with E-state index in [4.69, 9.17) is 23.2 Å². The highest BCUT2D eigenvalue weighted by Crippen LogP contribution is 2.03. The van der Waals surface area contributed by atoms with E-state index in [2.05, 4.69) is 15.9 Å². The van der Waals surface area contributed by atoms with Crippen LogP contribution < -0.4 is 0 Å². The van der Waals surface area contributed by atoms with Crippen molar-refractivity contribution in [2.24, 2.45) is 0 Å². The molecule has 0 fully saturated rings. The highest BCUT2D eigenvalue weighted by atomic mass is 79.9. The molecule has 3 heteroatoms. The first-order valence-corrected chi connectivity index (χ1v) is 4.67. The van der Waals surface area contributed by atoms with Gasteiger partial charge in [0, 0.05) is 5.02 Å². The third-order valence-corrected chi connectivity index (χ3v) is 0.985. The van der Waals surface area contributed by atoms with Crippen LogP contribution in [0.1, 0.15) is 0 Å². The van der Waals surface area contributed by atoms with Gasteiger partial charge in [-0.05, 0) is 12.1 Å². The Bertz CT molecular complexity index is 153. The molecule has 0 unspecified atom stereocenters. The van der Waals surface area contributed by atoms with Gasteiger partial charge in [-0.2, -0.15) is 0 Å². The SMILES string of the molecule is ClCBr.Clc1ccccc1. The van der Waals surface area contributed by atoms with Crippen LogP contribution in [0.3, 0.4) is 0 Å². The average molecular weight is 242 g/mol. The van der Waals surface area contributed by atoms with Crippen molar-refractivity contribution in [2.45, 2.75) is 0 Å². The minimum Gasteiger partial charge on any atom is -0.114 e. The lowest BCUT2D eigenvalue weighted by Gasteiger charge is -1.80. The molecule has 0 aromatic heterocycles. The summed E-state index contributed by atoms with van der Waals surface area (Å²) in [5.41, 5.74) is 0. The fourth-order valence-electron chi connectivity index (χ4n) is 0.415. The molecule has 0 radical (unpaired) electrons. The summed E-state index contributed by atoms with van der Waals surface area (Å²) in [5, 5.41) is 0.794. The Morgan fingerprint density at radius 3 is 1.80 bits per heavy atom. The second kappa shape index (κ2) is 7.39. The first kappa shape index (κ1) is 10.3. The van der Waals surface area contributed by atoms with Crippen molar-refractivity contribution in [3.05, 3.63) is 35.4 Å². The Morgan fingerprint density at radius 2 is 1.60 bits per heavy atom. The molecule has 1 aromatic rings. The first-order valence-electron chi connectivity index (χ1n) is 2.63. The van der Waals surface area contributed by atoms with Crippen LogP contribution in [-0.4, -0.2) is 4.79 Å². The maximum atomic E-state index is 5.54. The lowest BCUT2D eigenvalue weighted by Crippen LogP contribution is -1.55. The Morgan fingerprint density at radius 1 is 1.20 bits per heavy atom. The predicted octanol–water partition coefficient (Wildman–Crippen LogP) is 3.92. The molecule has 0 saturated carbocycles. The Hall–Kier alpha value is 0.280. The van der Waals surface area contributed by atoms with Crippen LogP contribution in [-0.2, 0) is 0 Å². The summed E-state index contributed by atoms with van der Waals surface area (Å²) in [6, 6.07) is 9.44.